The molecule has 50 heavy (non-hydrogen) atoms. The van der Waals surface area contributed by atoms with E-state index in [1.165, 1.54) is 12.0 Å². The average Bonchev–Trinajstić information content (AvgIpc) is 3.45. The second-order valence-electron chi connectivity index (χ2n) is 11.1. The third kappa shape index (κ3) is 18.8. The van der Waals surface area contributed by atoms with Crippen LogP contribution in [0.15, 0.2) is 24.3 Å². The number of para-hydroxylation sites is 1. The van der Waals surface area contributed by atoms with Gasteiger partial charge in [-0.15, -0.1) is 0 Å². The molecule has 0 spiro atoms. The number of rotatable bonds is 28. The van der Waals surface area contributed by atoms with Crippen LogP contribution in [0.25, 0.3) is 27.7 Å². The number of nitrogens with one attached hydrogen (secondary N) is 1. The van der Waals surface area contributed by atoms with Crippen LogP contribution in [-0.2, 0) is 80.1 Å². The molecule has 0 saturated carbocycles. The maximum absolute atomic E-state index is 8.40. The van der Waals surface area contributed by atoms with E-state index in [9.17, 15) is 0 Å². The summed E-state index contributed by atoms with van der Waals surface area (Å²) in [5.74, 6) is 0.930. The molecule has 0 fully saturated rings. The van der Waals surface area contributed by atoms with Gasteiger partial charge in [-0.1, -0.05) is 24.3 Å². The molecule has 3 aromatic rings. The fourth-order valence-electron chi connectivity index (χ4n) is 4.48. The van der Waals surface area contributed by atoms with Gasteiger partial charge in [-0.3, -0.25) is 0 Å². The van der Waals surface area contributed by atoms with Crippen LogP contribution in [0.3, 0.4) is 0 Å². The molecule has 0 bridgehead atoms. The number of imidazole rings is 1. The summed E-state index contributed by atoms with van der Waals surface area (Å²) in [6, 6.07) is 7.84. The van der Waals surface area contributed by atoms with Gasteiger partial charge in [0.05, 0.1) is 116 Å². The number of hydrogen-bond donors (Lipinski definition) is 0. The summed E-state index contributed by atoms with van der Waals surface area (Å²) >= 11 is 1.34. The van der Waals surface area contributed by atoms with Gasteiger partial charge in [0.15, 0.2) is 0 Å². The molecule has 0 aliphatic heterocycles. The maximum atomic E-state index is 8.40. The zero-order valence-electron chi connectivity index (χ0n) is 30.5. The molecule has 1 N–H and O–H groups in total. The number of methoxy groups -OCH3 is 2. The number of hydrogen-bond acceptors (Lipinski definition) is 13. The predicted molar refractivity (Wildman–Crippen MR) is 192 cm³/mol. The Labute approximate surface area is 315 Å². The minimum atomic E-state index is -0.487. The molecule has 289 valence electrons. The van der Waals surface area contributed by atoms with Crippen LogP contribution in [0.2, 0.25) is 0 Å². The standard InChI is InChI=1S/C24H35N4O5.C10H22O5S.Ir/c1-5-30-16-20-27-21-22(18-8-6-7-9-19(18)26-23(21)25)28(20)17-24(2,3)33-15-14-32-13-12-31-11-10-29-4;1-11-3-4-12-5-6-13-7-8-14-9-10-15-16-2;/h6-9H,5,10-17H2,1-4H3,(H-,25,26);3-10H2,1-2H3;/q-1;;. The zero-order chi connectivity index (χ0) is 35.6. The van der Waals surface area contributed by atoms with Crippen LogP contribution in [0.1, 0.15) is 26.6 Å². The first-order chi connectivity index (χ1) is 23.9. The van der Waals surface area contributed by atoms with Crippen molar-refractivity contribution in [1.82, 2.24) is 14.5 Å². The first-order valence-electron chi connectivity index (χ1n) is 16.6. The predicted octanol–water partition coefficient (Wildman–Crippen LogP) is 5.25. The van der Waals surface area contributed by atoms with Crippen molar-refractivity contribution in [3.63, 3.8) is 0 Å². The molecule has 1 radical (unpaired) electrons. The number of aromatic nitrogens is 3. The largest absolute Gasteiger partial charge is 0.480 e. The molecule has 0 saturated heterocycles. The van der Waals surface area contributed by atoms with Gasteiger partial charge in [-0.25, -0.2) is 4.98 Å². The van der Waals surface area contributed by atoms with Crippen molar-refractivity contribution in [2.75, 3.05) is 120 Å². The van der Waals surface area contributed by atoms with Crippen LogP contribution in [0, 0.1) is 0 Å². The molecule has 0 atom stereocenters. The Morgan fingerprint density at radius 2 is 1.24 bits per heavy atom. The Kier molecular flexibility index (Phi) is 27.0. The summed E-state index contributed by atoms with van der Waals surface area (Å²) in [6.45, 7) is 15.5. The minimum absolute atomic E-state index is 0. The molecule has 1 aromatic carbocycles. The van der Waals surface area contributed by atoms with Gasteiger partial charge in [0, 0.05) is 52.6 Å². The normalized spacial score (nSPS) is 11.6. The van der Waals surface area contributed by atoms with E-state index in [0.29, 0.717) is 118 Å². The molecule has 0 aliphatic rings. The van der Waals surface area contributed by atoms with Gasteiger partial charge in [-0.05, 0) is 44.1 Å². The van der Waals surface area contributed by atoms with E-state index in [1.807, 2.05) is 51.3 Å². The second kappa shape index (κ2) is 29.0. The summed E-state index contributed by atoms with van der Waals surface area (Å²) in [4.78, 5) is 9.14. The van der Waals surface area contributed by atoms with Gasteiger partial charge in [0.1, 0.15) is 12.4 Å². The molecule has 3 rings (SSSR count). The summed E-state index contributed by atoms with van der Waals surface area (Å²) in [5.41, 5.74) is 10.2. The van der Waals surface area contributed by atoms with E-state index in [2.05, 4.69) is 9.55 Å². The second-order valence-corrected chi connectivity index (χ2v) is 11.6. The summed E-state index contributed by atoms with van der Waals surface area (Å²) < 4.78 is 55.5. The fraction of sp³-hybridized carbons (Fsp3) is 0.706. The van der Waals surface area contributed by atoms with E-state index in [1.54, 1.807) is 14.2 Å². The Balaban J connectivity index is 0.000000625. The molecule has 0 amide bonds. The average molecular weight is 906 g/mol. The van der Waals surface area contributed by atoms with Gasteiger partial charge < -0.3 is 62.1 Å². The Hall–Kier alpha value is -1.50. The van der Waals surface area contributed by atoms with Crippen molar-refractivity contribution in [2.24, 2.45) is 0 Å². The van der Waals surface area contributed by atoms with Crippen LogP contribution in [-0.4, -0.2) is 140 Å². The van der Waals surface area contributed by atoms with Crippen LogP contribution in [0.5, 0.6) is 0 Å². The van der Waals surface area contributed by atoms with E-state index >= 15 is 0 Å². The van der Waals surface area contributed by atoms with E-state index in [-0.39, 0.29) is 25.9 Å². The van der Waals surface area contributed by atoms with E-state index in [0.717, 1.165) is 22.2 Å². The van der Waals surface area contributed by atoms with Crippen molar-refractivity contribution in [3.05, 3.63) is 35.8 Å². The Morgan fingerprint density at radius 3 is 1.78 bits per heavy atom. The third-order valence-electron chi connectivity index (χ3n) is 6.77. The summed E-state index contributed by atoms with van der Waals surface area (Å²) in [6.07, 6.45) is 1.88. The molecular formula is C34H57IrN4O10S-. The number of pyridine rings is 1. The first-order valence-corrected chi connectivity index (χ1v) is 17.8. The van der Waals surface area contributed by atoms with Crippen molar-refractivity contribution < 1.29 is 66.9 Å². The fourth-order valence-corrected chi connectivity index (χ4v) is 4.72. The molecule has 14 nitrogen and oxygen atoms in total. The summed E-state index contributed by atoms with van der Waals surface area (Å²) in [7, 11) is 3.30. The number of nitrogens with zero attached hydrogens (tertiary/aromatic N) is 3. The topological polar surface area (TPSA) is 147 Å². The Bertz CT molecular complexity index is 1260. The number of benzene rings is 1. The molecule has 0 aliphatic carbocycles. The van der Waals surface area contributed by atoms with Crippen molar-refractivity contribution >= 4 is 39.8 Å². The van der Waals surface area contributed by atoms with Crippen molar-refractivity contribution in [2.45, 2.75) is 39.5 Å². The molecule has 2 aromatic heterocycles. The van der Waals surface area contributed by atoms with Crippen LogP contribution < -0.4 is 0 Å². The summed E-state index contributed by atoms with van der Waals surface area (Å²) in [5, 5.41) is 0.964. The molecule has 16 heteroatoms. The van der Waals surface area contributed by atoms with Gasteiger partial charge >= 0.3 is 0 Å². The number of fused-ring (bicyclic) bond motifs is 3. The quantitative estimate of drug-likeness (QED) is 0.0691. The van der Waals surface area contributed by atoms with Crippen molar-refractivity contribution in [1.29, 1.82) is 0 Å². The third-order valence-corrected chi connectivity index (χ3v) is 7.17. The molecular weight excluding hydrogens is 849 g/mol. The van der Waals surface area contributed by atoms with Gasteiger partial charge in [0.25, 0.3) is 0 Å². The number of ether oxygens (including phenoxy) is 9. The minimum Gasteiger partial charge on any atom is -0.480 e. The zero-order valence-corrected chi connectivity index (χ0v) is 33.7. The van der Waals surface area contributed by atoms with Gasteiger partial charge in [-0.2, -0.15) is 0 Å². The monoisotopic (exact) mass is 906 g/mol. The Morgan fingerprint density at radius 1 is 0.720 bits per heavy atom. The molecule has 0 unspecified atom stereocenters. The van der Waals surface area contributed by atoms with Crippen molar-refractivity contribution in [3.8, 4) is 0 Å². The SMILES string of the molecule is CCOCc1nc2c([NH-])nc3ccccc3c2n1CC(C)(C)OCCOCCOCCOC.COCCOCCOCCOCCOSC.[Ir]. The van der Waals surface area contributed by atoms with E-state index < -0.39 is 5.60 Å². The van der Waals surface area contributed by atoms with Gasteiger partial charge in [0.2, 0.25) is 0 Å². The first kappa shape index (κ1) is 46.5. The molecule has 2 heterocycles. The smallest absolute Gasteiger partial charge is 0.136 e. The van der Waals surface area contributed by atoms with Crippen LogP contribution in [0.4, 0.5) is 5.82 Å². The maximum Gasteiger partial charge on any atom is 0.136 e. The van der Waals surface area contributed by atoms with E-state index in [4.69, 9.17) is 57.5 Å². The van der Waals surface area contributed by atoms with Crippen LogP contribution >= 0.6 is 12.0 Å².